The van der Waals surface area contributed by atoms with Crippen molar-refractivity contribution < 1.29 is 19.1 Å². The van der Waals surface area contributed by atoms with Crippen molar-refractivity contribution in [1.29, 1.82) is 0 Å². The first-order valence-electron chi connectivity index (χ1n) is 7.44. The predicted molar refractivity (Wildman–Crippen MR) is 79.8 cm³/mol. The fourth-order valence-corrected chi connectivity index (χ4v) is 4.11. The number of benzene rings is 1. The molecule has 22 heavy (non-hydrogen) atoms. The Balaban J connectivity index is 1.78. The molecule has 4 rings (SSSR count). The zero-order valence-corrected chi connectivity index (χ0v) is 12.5. The van der Waals surface area contributed by atoms with Gasteiger partial charge < -0.3 is 9.47 Å². The van der Waals surface area contributed by atoms with Gasteiger partial charge in [0, 0.05) is 6.07 Å². The maximum atomic E-state index is 12.8. The molecule has 0 spiro atoms. The van der Waals surface area contributed by atoms with Crippen LogP contribution in [0.25, 0.3) is 0 Å². The molecule has 1 aliphatic heterocycles. The van der Waals surface area contributed by atoms with E-state index in [0.717, 1.165) is 6.42 Å². The van der Waals surface area contributed by atoms with Gasteiger partial charge in [0.2, 0.25) is 11.8 Å². The van der Waals surface area contributed by atoms with Crippen LogP contribution in [0.5, 0.6) is 11.5 Å². The Kier molecular flexibility index (Phi) is 2.79. The summed E-state index contributed by atoms with van der Waals surface area (Å²) in [6.07, 6.45) is 5.10. The summed E-state index contributed by atoms with van der Waals surface area (Å²) in [6.45, 7) is 0. The molecule has 1 aromatic carbocycles. The van der Waals surface area contributed by atoms with Crippen LogP contribution in [-0.2, 0) is 9.59 Å². The van der Waals surface area contributed by atoms with Crippen molar-refractivity contribution in [3.63, 3.8) is 0 Å². The molecule has 1 saturated heterocycles. The first-order valence-corrected chi connectivity index (χ1v) is 7.44. The Morgan fingerprint density at radius 1 is 1.00 bits per heavy atom. The summed E-state index contributed by atoms with van der Waals surface area (Å²) in [7, 11) is 3.08. The molecule has 5 nitrogen and oxygen atoms in total. The van der Waals surface area contributed by atoms with Crippen LogP contribution in [0, 0.1) is 23.7 Å². The zero-order valence-electron chi connectivity index (χ0n) is 12.5. The lowest BCUT2D eigenvalue weighted by Crippen LogP contribution is -2.33. The van der Waals surface area contributed by atoms with Crippen LogP contribution in [-0.4, -0.2) is 26.0 Å². The van der Waals surface area contributed by atoms with Crippen molar-refractivity contribution in [1.82, 2.24) is 0 Å². The summed E-state index contributed by atoms with van der Waals surface area (Å²) in [5, 5.41) is 0. The number of methoxy groups -OCH3 is 2. The van der Waals surface area contributed by atoms with Crippen LogP contribution in [0.2, 0.25) is 0 Å². The number of hydrogen-bond acceptors (Lipinski definition) is 4. The van der Waals surface area contributed by atoms with E-state index < -0.39 is 0 Å². The third kappa shape index (κ3) is 1.59. The third-order valence-electron chi connectivity index (χ3n) is 5.10. The number of anilines is 1. The Morgan fingerprint density at radius 3 is 2.18 bits per heavy atom. The molecule has 4 atom stereocenters. The predicted octanol–water partition coefficient (Wildman–Crippen LogP) is 2.02. The average molecular weight is 299 g/mol. The number of carbonyl (C=O) groups excluding carboxylic acids is 2. The van der Waals surface area contributed by atoms with Crippen molar-refractivity contribution in [3.8, 4) is 11.5 Å². The standard InChI is InChI=1S/C17H17NO4/c1-21-11-5-6-13(22-2)12(8-11)18-16(19)14-9-3-4-10(7-9)15(14)17(18)20/h3-6,8-10,14-15H,7H2,1-2H3/t9-,10-,14-,15+/m1/s1. The zero-order chi connectivity index (χ0) is 15.4. The van der Waals surface area contributed by atoms with E-state index in [1.54, 1.807) is 25.3 Å². The fourth-order valence-electron chi connectivity index (χ4n) is 4.11. The van der Waals surface area contributed by atoms with Crippen molar-refractivity contribution in [2.24, 2.45) is 23.7 Å². The minimum absolute atomic E-state index is 0.113. The first kappa shape index (κ1) is 13.4. The third-order valence-corrected chi connectivity index (χ3v) is 5.10. The van der Waals surface area contributed by atoms with E-state index in [9.17, 15) is 9.59 Å². The minimum atomic E-state index is -0.210. The molecule has 1 heterocycles. The highest BCUT2D eigenvalue weighted by Crippen LogP contribution is 2.54. The average Bonchev–Trinajstić information content (AvgIpc) is 3.21. The maximum Gasteiger partial charge on any atom is 0.238 e. The van der Waals surface area contributed by atoms with Crippen molar-refractivity contribution in [2.75, 3.05) is 19.1 Å². The molecule has 1 saturated carbocycles. The second-order valence-corrected chi connectivity index (χ2v) is 6.05. The Hall–Kier alpha value is -2.30. The number of rotatable bonds is 3. The van der Waals surface area contributed by atoms with Gasteiger partial charge >= 0.3 is 0 Å². The van der Waals surface area contributed by atoms with Crippen LogP contribution in [0.1, 0.15) is 6.42 Å². The lowest BCUT2D eigenvalue weighted by Gasteiger charge is -2.20. The molecule has 0 N–H and O–H groups in total. The second kappa shape index (κ2) is 4.60. The van der Waals surface area contributed by atoms with Crippen molar-refractivity contribution in [3.05, 3.63) is 30.4 Å². The quantitative estimate of drug-likeness (QED) is 0.633. The molecular weight excluding hydrogens is 282 g/mol. The van der Waals surface area contributed by atoms with E-state index >= 15 is 0 Å². The normalized spacial score (nSPS) is 31.8. The first-order chi connectivity index (χ1) is 10.7. The summed E-state index contributed by atoms with van der Waals surface area (Å²) >= 11 is 0. The largest absolute Gasteiger partial charge is 0.497 e. The molecule has 114 valence electrons. The topological polar surface area (TPSA) is 55.8 Å². The Bertz CT molecular complexity index is 666. The molecule has 2 bridgehead atoms. The van der Waals surface area contributed by atoms with E-state index in [4.69, 9.17) is 9.47 Å². The van der Waals surface area contributed by atoms with Crippen LogP contribution in [0.3, 0.4) is 0 Å². The molecule has 2 aliphatic carbocycles. The van der Waals surface area contributed by atoms with Crippen molar-refractivity contribution in [2.45, 2.75) is 6.42 Å². The van der Waals surface area contributed by atoms with Crippen LogP contribution in [0.4, 0.5) is 5.69 Å². The van der Waals surface area contributed by atoms with Gasteiger partial charge in [-0.15, -0.1) is 0 Å². The SMILES string of the molecule is COc1ccc(OC)c(N2C(=O)[C@@H]3[C@H](C2=O)[C@@H]2C=C[C@@H]3C2)c1. The van der Waals surface area contributed by atoms with E-state index in [-0.39, 0.29) is 35.5 Å². The van der Waals surface area contributed by atoms with Gasteiger partial charge in [-0.25, -0.2) is 4.90 Å². The van der Waals surface area contributed by atoms with Gasteiger partial charge in [-0.05, 0) is 30.4 Å². The number of hydrogen-bond donors (Lipinski definition) is 0. The Labute approximate surface area is 128 Å². The number of carbonyl (C=O) groups is 2. The highest BCUT2D eigenvalue weighted by atomic mass is 16.5. The van der Waals surface area contributed by atoms with E-state index in [0.29, 0.717) is 17.2 Å². The smallest absolute Gasteiger partial charge is 0.238 e. The minimum Gasteiger partial charge on any atom is -0.497 e. The molecule has 2 amide bonds. The van der Waals surface area contributed by atoms with E-state index in [2.05, 4.69) is 12.2 Å². The molecule has 1 aromatic rings. The van der Waals surface area contributed by atoms with Gasteiger partial charge in [0.05, 0.1) is 31.7 Å². The molecular formula is C17H17NO4. The van der Waals surface area contributed by atoms with E-state index in [1.165, 1.54) is 12.0 Å². The summed E-state index contributed by atoms with van der Waals surface area (Å²) in [5.74, 6) is 0.854. The summed E-state index contributed by atoms with van der Waals surface area (Å²) in [4.78, 5) is 27.0. The summed E-state index contributed by atoms with van der Waals surface area (Å²) < 4.78 is 10.5. The molecule has 0 aromatic heterocycles. The molecule has 5 heteroatoms. The number of amides is 2. The molecule has 3 aliphatic rings. The number of imide groups is 1. The van der Waals surface area contributed by atoms with Crippen molar-refractivity contribution >= 4 is 17.5 Å². The van der Waals surface area contributed by atoms with Gasteiger partial charge in [0.25, 0.3) is 0 Å². The molecule has 0 radical (unpaired) electrons. The Morgan fingerprint density at radius 2 is 1.64 bits per heavy atom. The molecule has 2 fully saturated rings. The summed E-state index contributed by atoms with van der Waals surface area (Å²) in [6, 6.07) is 5.15. The van der Waals surface area contributed by atoms with Gasteiger partial charge in [0.15, 0.2) is 0 Å². The van der Waals surface area contributed by atoms with Gasteiger partial charge in [-0.2, -0.15) is 0 Å². The van der Waals surface area contributed by atoms with Gasteiger partial charge in [-0.1, -0.05) is 12.2 Å². The lowest BCUT2D eigenvalue weighted by atomic mass is 9.85. The van der Waals surface area contributed by atoms with Gasteiger partial charge in [-0.3, -0.25) is 9.59 Å². The number of ether oxygens (including phenoxy) is 2. The van der Waals surface area contributed by atoms with Gasteiger partial charge in [0.1, 0.15) is 11.5 Å². The highest BCUT2D eigenvalue weighted by Gasteiger charge is 2.59. The number of fused-ring (bicyclic) bond motifs is 5. The number of allylic oxidation sites excluding steroid dienone is 2. The monoisotopic (exact) mass is 299 g/mol. The lowest BCUT2D eigenvalue weighted by molar-refractivity contribution is -0.123. The summed E-state index contributed by atoms with van der Waals surface area (Å²) in [5.41, 5.74) is 0.477. The van der Waals surface area contributed by atoms with Crippen LogP contribution in [0.15, 0.2) is 30.4 Å². The second-order valence-electron chi connectivity index (χ2n) is 6.05. The highest BCUT2D eigenvalue weighted by molar-refractivity contribution is 6.23. The van der Waals surface area contributed by atoms with Crippen LogP contribution < -0.4 is 14.4 Å². The van der Waals surface area contributed by atoms with E-state index in [1.807, 2.05) is 0 Å². The maximum absolute atomic E-state index is 12.8. The fraction of sp³-hybridized carbons (Fsp3) is 0.412. The van der Waals surface area contributed by atoms with Crippen LogP contribution >= 0.6 is 0 Å². The molecule has 0 unspecified atom stereocenters. The number of nitrogens with zero attached hydrogens (tertiary/aromatic N) is 1.